The van der Waals surface area contributed by atoms with E-state index in [-0.39, 0.29) is 5.91 Å². The maximum absolute atomic E-state index is 12.4. The van der Waals surface area contributed by atoms with Gasteiger partial charge < -0.3 is 4.90 Å². The van der Waals surface area contributed by atoms with Crippen molar-refractivity contribution in [3.05, 3.63) is 65.2 Å². The van der Waals surface area contributed by atoms with Crippen LogP contribution in [0.3, 0.4) is 0 Å². The molecule has 1 aliphatic carbocycles. The van der Waals surface area contributed by atoms with Crippen molar-refractivity contribution in [2.75, 3.05) is 18.0 Å². The molecule has 1 N–H and O–H groups in total. The Bertz CT molecular complexity index is 814. The number of carbonyl (C=O) groups is 1. The molecule has 0 saturated heterocycles. The van der Waals surface area contributed by atoms with Gasteiger partial charge in [0.1, 0.15) is 0 Å². The molecule has 0 heterocycles. The van der Waals surface area contributed by atoms with E-state index in [9.17, 15) is 4.79 Å². The van der Waals surface area contributed by atoms with Crippen LogP contribution in [-0.2, 0) is 0 Å². The first kappa shape index (κ1) is 21.1. The summed E-state index contributed by atoms with van der Waals surface area (Å²) in [4.78, 5) is 14.7. The average molecular weight is 392 g/mol. The summed E-state index contributed by atoms with van der Waals surface area (Å²) in [5.74, 6) is 0.517. The zero-order valence-corrected chi connectivity index (χ0v) is 17.9. The highest BCUT2D eigenvalue weighted by Crippen LogP contribution is 2.32. The Morgan fingerprint density at radius 2 is 1.52 bits per heavy atom. The second kappa shape index (κ2) is 10.2. The Balaban J connectivity index is 1.60. The van der Waals surface area contributed by atoms with E-state index in [0.717, 1.165) is 30.1 Å². The van der Waals surface area contributed by atoms with Crippen molar-refractivity contribution in [1.29, 1.82) is 0 Å². The van der Waals surface area contributed by atoms with Crippen molar-refractivity contribution in [1.82, 2.24) is 5.43 Å². The Morgan fingerprint density at radius 1 is 0.931 bits per heavy atom. The molecule has 0 unspecified atom stereocenters. The van der Waals surface area contributed by atoms with Gasteiger partial charge >= 0.3 is 0 Å². The molecular weight excluding hydrogens is 358 g/mol. The van der Waals surface area contributed by atoms with Crippen molar-refractivity contribution in [3.8, 4) is 0 Å². The number of anilines is 1. The molecule has 4 heteroatoms. The van der Waals surface area contributed by atoms with Crippen molar-refractivity contribution in [3.63, 3.8) is 0 Å². The van der Waals surface area contributed by atoms with Gasteiger partial charge in [-0.15, -0.1) is 0 Å². The zero-order chi connectivity index (χ0) is 20.6. The fourth-order valence-electron chi connectivity index (χ4n) is 4.11. The van der Waals surface area contributed by atoms with Gasteiger partial charge in [-0.3, -0.25) is 4.79 Å². The summed E-state index contributed by atoms with van der Waals surface area (Å²) in [5, 5.41) is 4.31. The van der Waals surface area contributed by atoms with Crippen LogP contribution in [0, 0.1) is 0 Å². The summed E-state index contributed by atoms with van der Waals surface area (Å²) >= 11 is 0. The number of nitrogens with one attached hydrogen (secondary N) is 1. The first-order valence-corrected chi connectivity index (χ1v) is 10.9. The van der Waals surface area contributed by atoms with Gasteiger partial charge in [0, 0.05) is 24.3 Å². The number of hydrogen-bond acceptors (Lipinski definition) is 3. The van der Waals surface area contributed by atoms with Gasteiger partial charge in [-0.1, -0.05) is 43.5 Å². The van der Waals surface area contributed by atoms with Gasteiger partial charge in [0.2, 0.25) is 0 Å². The highest BCUT2D eigenvalue weighted by Gasteiger charge is 2.15. The van der Waals surface area contributed by atoms with E-state index in [1.165, 1.54) is 37.7 Å². The number of hydrogen-bond donors (Lipinski definition) is 1. The van der Waals surface area contributed by atoms with Crippen LogP contribution in [0.2, 0.25) is 0 Å². The Kier molecular flexibility index (Phi) is 7.45. The van der Waals surface area contributed by atoms with Gasteiger partial charge in [0.15, 0.2) is 0 Å². The molecule has 3 rings (SSSR count). The summed E-state index contributed by atoms with van der Waals surface area (Å²) in [6.45, 7) is 8.09. The minimum Gasteiger partial charge on any atom is -0.372 e. The summed E-state index contributed by atoms with van der Waals surface area (Å²) in [7, 11) is 0. The van der Waals surface area contributed by atoms with Crippen LogP contribution >= 0.6 is 0 Å². The van der Waals surface area contributed by atoms with Gasteiger partial charge in [-0.2, -0.15) is 5.10 Å². The Hall–Kier alpha value is -2.62. The maximum Gasteiger partial charge on any atom is 0.271 e. The van der Waals surface area contributed by atoms with Gasteiger partial charge in [0.05, 0.1) is 5.71 Å². The van der Waals surface area contributed by atoms with E-state index < -0.39 is 0 Å². The largest absolute Gasteiger partial charge is 0.372 e. The molecule has 0 radical (unpaired) electrons. The lowest BCUT2D eigenvalue weighted by Gasteiger charge is -2.22. The predicted molar refractivity (Wildman–Crippen MR) is 122 cm³/mol. The molecule has 0 bridgehead atoms. The van der Waals surface area contributed by atoms with Crippen LogP contribution in [-0.4, -0.2) is 24.7 Å². The highest BCUT2D eigenvalue weighted by molar-refractivity contribution is 6.00. The zero-order valence-electron chi connectivity index (χ0n) is 17.9. The number of amides is 1. The fraction of sp³-hybridized carbons (Fsp3) is 0.440. The molecule has 1 aliphatic rings. The maximum atomic E-state index is 12.4. The summed E-state index contributed by atoms with van der Waals surface area (Å²) in [6, 6.07) is 16.4. The Labute approximate surface area is 175 Å². The lowest BCUT2D eigenvalue weighted by Crippen LogP contribution is -2.22. The molecule has 0 atom stereocenters. The molecule has 4 nitrogen and oxygen atoms in total. The smallest absolute Gasteiger partial charge is 0.271 e. The summed E-state index contributed by atoms with van der Waals surface area (Å²) < 4.78 is 0. The van der Waals surface area contributed by atoms with Crippen molar-refractivity contribution in [2.24, 2.45) is 5.10 Å². The van der Waals surface area contributed by atoms with E-state index in [2.05, 4.69) is 53.5 Å². The molecule has 1 amide bonds. The molecule has 2 aromatic rings. The minimum absolute atomic E-state index is 0.186. The SMILES string of the molecule is CCN(CC)c1ccc(C(=O)NN=C(C)c2ccc(C3CCCCC3)cc2)cc1. The lowest BCUT2D eigenvalue weighted by molar-refractivity contribution is 0.0955. The molecule has 0 aromatic heterocycles. The third-order valence-electron chi connectivity index (χ3n) is 5.99. The van der Waals surface area contributed by atoms with Gasteiger partial charge in [0.25, 0.3) is 5.91 Å². The standard InChI is InChI=1S/C25H33N3O/c1-4-28(5-2)24-17-15-23(16-18-24)25(29)27-26-19(3)20-11-13-22(14-12-20)21-9-7-6-8-10-21/h11-18,21H,4-10H2,1-3H3,(H,27,29). The predicted octanol–water partition coefficient (Wildman–Crippen LogP) is 5.73. The van der Waals surface area contributed by atoms with E-state index in [1.807, 2.05) is 31.2 Å². The average Bonchev–Trinajstić information content (AvgIpc) is 2.79. The van der Waals surface area contributed by atoms with Crippen molar-refractivity contribution < 1.29 is 4.79 Å². The van der Waals surface area contributed by atoms with Crippen LogP contribution in [0.4, 0.5) is 5.69 Å². The number of nitrogens with zero attached hydrogens (tertiary/aromatic N) is 2. The molecule has 1 fully saturated rings. The third-order valence-corrected chi connectivity index (χ3v) is 5.99. The van der Waals surface area contributed by atoms with E-state index in [1.54, 1.807) is 0 Å². The second-order valence-corrected chi connectivity index (χ2v) is 7.81. The Morgan fingerprint density at radius 3 is 2.10 bits per heavy atom. The van der Waals surface area contributed by atoms with E-state index in [4.69, 9.17) is 0 Å². The minimum atomic E-state index is -0.186. The molecule has 29 heavy (non-hydrogen) atoms. The quantitative estimate of drug-likeness (QED) is 0.483. The molecule has 1 saturated carbocycles. The van der Waals surface area contributed by atoms with E-state index >= 15 is 0 Å². The first-order valence-electron chi connectivity index (χ1n) is 10.9. The molecule has 2 aromatic carbocycles. The normalized spacial score (nSPS) is 15.2. The van der Waals surface area contributed by atoms with Gasteiger partial charge in [-0.25, -0.2) is 5.43 Å². The number of rotatable bonds is 7. The lowest BCUT2D eigenvalue weighted by atomic mass is 9.84. The molecule has 0 aliphatic heterocycles. The molecular formula is C25H33N3O. The monoisotopic (exact) mass is 391 g/mol. The number of hydrazone groups is 1. The fourth-order valence-corrected chi connectivity index (χ4v) is 4.11. The van der Waals surface area contributed by atoms with E-state index in [0.29, 0.717) is 11.5 Å². The van der Waals surface area contributed by atoms with Crippen LogP contribution < -0.4 is 10.3 Å². The topological polar surface area (TPSA) is 44.7 Å². The number of benzene rings is 2. The van der Waals surface area contributed by atoms with Crippen LogP contribution in [0.25, 0.3) is 0 Å². The van der Waals surface area contributed by atoms with Crippen LogP contribution in [0.1, 0.15) is 80.3 Å². The highest BCUT2D eigenvalue weighted by atomic mass is 16.2. The summed E-state index contributed by atoms with van der Waals surface area (Å²) in [6.07, 6.45) is 6.66. The molecule has 0 spiro atoms. The number of carbonyl (C=O) groups excluding carboxylic acids is 1. The second-order valence-electron chi connectivity index (χ2n) is 7.81. The molecule has 154 valence electrons. The van der Waals surface area contributed by atoms with Gasteiger partial charge in [-0.05, 0) is 74.9 Å². The van der Waals surface area contributed by atoms with Crippen LogP contribution in [0.5, 0.6) is 0 Å². The third kappa shape index (κ3) is 5.47. The van der Waals surface area contributed by atoms with Crippen molar-refractivity contribution >= 4 is 17.3 Å². The van der Waals surface area contributed by atoms with Crippen molar-refractivity contribution in [2.45, 2.75) is 58.8 Å². The first-order chi connectivity index (χ1) is 14.1. The van der Waals surface area contributed by atoms with Crippen LogP contribution in [0.15, 0.2) is 53.6 Å². The summed E-state index contributed by atoms with van der Waals surface area (Å²) in [5.41, 5.74) is 7.72.